The number of carbonyl (C=O) groups is 3. The van der Waals surface area contributed by atoms with Crippen LogP contribution in [0.4, 0.5) is 4.79 Å². The molecule has 0 fully saturated rings. The third-order valence-electron chi connectivity index (χ3n) is 3.65. The minimum absolute atomic E-state index is 0.0884. The number of ether oxygens (including phenoxy) is 3. The number of carbonyl (C=O) groups excluding carboxylic acids is 3. The van der Waals surface area contributed by atoms with Crippen LogP contribution in [0.25, 0.3) is 0 Å². The zero-order valence-electron chi connectivity index (χ0n) is 15.1. The van der Waals surface area contributed by atoms with Gasteiger partial charge in [0.05, 0.1) is 14.2 Å². The Labute approximate surface area is 156 Å². The van der Waals surface area contributed by atoms with Crippen LogP contribution in [0.5, 0.6) is 11.5 Å². The molecule has 0 aliphatic rings. The zero-order chi connectivity index (χ0) is 19.8. The average Bonchev–Trinajstić information content (AvgIpc) is 2.71. The monoisotopic (exact) mass is 372 g/mol. The molecule has 2 N–H and O–H groups in total. The maximum Gasteiger partial charge on any atom is 0.343 e. The number of hydrogen-bond acceptors (Lipinski definition) is 6. The minimum Gasteiger partial charge on any atom is -0.493 e. The molecule has 2 aromatic carbocycles. The van der Waals surface area contributed by atoms with Crippen molar-refractivity contribution in [2.45, 2.75) is 6.10 Å². The van der Waals surface area contributed by atoms with E-state index in [1.807, 2.05) is 0 Å². The molecule has 1 atom stereocenters. The zero-order valence-corrected chi connectivity index (χ0v) is 15.1. The number of rotatable bonds is 6. The van der Waals surface area contributed by atoms with E-state index in [0.717, 1.165) is 0 Å². The van der Waals surface area contributed by atoms with Crippen molar-refractivity contribution in [1.82, 2.24) is 10.6 Å². The molecule has 0 bridgehead atoms. The van der Waals surface area contributed by atoms with Crippen LogP contribution >= 0.6 is 0 Å². The van der Waals surface area contributed by atoms with Crippen molar-refractivity contribution >= 4 is 17.9 Å². The van der Waals surface area contributed by atoms with Crippen LogP contribution in [-0.2, 0) is 9.53 Å². The fraction of sp³-hybridized carbons (Fsp3) is 0.211. The lowest BCUT2D eigenvalue weighted by atomic mass is 10.1. The van der Waals surface area contributed by atoms with Crippen LogP contribution in [0.2, 0.25) is 0 Å². The van der Waals surface area contributed by atoms with Crippen molar-refractivity contribution in [2.24, 2.45) is 0 Å². The lowest BCUT2D eigenvalue weighted by Gasteiger charge is -2.19. The second-order valence-electron chi connectivity index (χ2n) is 5.31. The van der Waals surface area contributed by atoms with Crippen molar-refractivity contribution in [1.29, 1.82) is 0 Å². The number of esters is 1. The largest absolute Gasteiger partial charge is 0.493 e. The minimum atomic E-state index is -1.33. The van der Waals surface area contributed by atoms with E-state index in [9.17, 15) is 14.4 Å². The number of imide groups is 1. The van der Waals surface area contributed by atoms with Crippen LogP contribution in [0.1, 0.15) is 22.0 Å². The summed E-state index contributed by atoms with van der Waals surface area (Å²) in [6.45, 7) is 0. The summed E-state index contributed by atoms with van der Waals surface area (Å²) < 4.78 is 15.8. The quantitative estimate of drug-likeness (QED) is 0.753. The van der Waals surface area contributed by atoms with Crippen LogP contribution in [0, 0.1) is 0 Å². The molecule has 0 aliphatic carbocycles. The molecule has 8 nitrogen and oxygen atoms in total. The molecular formula is C19H20N2O6. The lowest BCUT2D eigenvalue weighted by molar-refractivity contribution is -0.129. The Morgan fingerprint density at radius 2 is 1.63 bits per heavy atom. The fourth-order valence-corrected chi connectivity index (χ4v) is 2.36. The van der Waals surface area contributed by atoms with Crippen molar-refractivity contribution in [2.75, 3.05) is 21.3 Å². The second kappa shape index (κ2) is 9.23. The molecule has 8 heteroatoms. The summed E-state index contributed by atoms with van der Waals surface area (Å²) in [5.74, 6) is -1.05. The first-order valence-electron chi connectivity index (χ1n) is 8.01. The number of nitrogens with one attached hydrogen (secondary N) is 2. The van der Waals surface area contributed by atoms with Crippen molar-refractivity contribution < 1.29 is 28.6 Å². The van der Waals surface area contributed by atoms with E-state index in [-0.39, 0.29) is 11.3 Å². The van der Waals surface area contributed by atoms with E-state index in [0.29, 0.717) is 11.3 Å². The summed E-state index contributed by atoms with van der Waals surface area (Å²) in [7, 11) is 4.20. The van der Waals surface area contributed by atoms with Gasteiger partial charge in [0, 0.05) is 12.6 Å². The Balaban J connectivity index is 2.34. The van der Waals surface area contributed by atoms with Gasteiger partial charge in [-0.25, -0.2) is 9.59 Å². The first kappa shape index (κ1) is 19.8. The SMILES string of the molecule is CNC(=O)NC(=O)[C@@H](OC(=O)c1cccc(OC)c1OC)c1ccccc1. The average molecular weight is 372 g/mol. The van der Waals surface area contributed by atoms with E-state index in [1.54, 1.807) is 42.5 Å². The third kappa shape index (κ3) is 4.75. The molecule has 2 aromatic rings. The van der Waals surface area contributed by atoms with Gasteiger partial charge in [0.25, 0.3) is 5.91 Å². The highest BCUT2D eigenvalue weighted by Gasteiger charge is 2.28. The predicted octanol–water partition coefficient (Wildman–Crippen LogP) is 2.06. The first-order valence-corrected chi connectivity index (χ1v) is 8.01. The summed E-state index contributed by atoms with van der Waals surface area (Å²) in [6.07, 6.45) is -1.33. The lowest BCUT2D eigenvalue weighted by Crippen LogP contribution is -2.41. The number of amides is 3. The molecule has 0 radical (unpaired) electrons. The molecule has 0 unspecified atom stereocenters. The fourth-order valence-electron chi connectivity index (χ4n) is 2.36. The maximum absolute atomic E-state index is 12.7. The van der Waals surface area contributed by atoms with Gasteiger partial charge in [0.1, 0.15) is 5.56 Å². The van der Waals surface area contributed by atoms with Crippen LogP contribution in [-0.4, -0.2) is 39.2 Å². The van der Waals surface area contributed by atoms with Crippen LogP contribution < -0.4 is 20.1 Å². The van der Waals surface area contributed by atoms with E-state index in [2.05, 4.69) is 10.6 Å². The topological polar surface area (TPSA) is 103 Å². The van der Waals surface area contributed by atoms with Gasteiger partial charge in [-0.05, 0) is 12.1 Å². The Morgan fingerprint density at radius 3 is 2.22 bits per heavy atom. The van der Waals surface area contributed by atoms with Gasteiger partial charge in [-0.2, -0.15) is 0 Å². The van der Waals surface area contributed by atoms with Crippen molar-refractivity contribution in [3.05, 3.63) is 59.7 Å². The van der Waals surface area contributed by atoms with Gasteiger partial charge >= 0.3 is 12.0 Å². The molecular weight excluding hydrogens is 352 g/mol. The highest BCUT2D eigenvalue weighted by Crippen LogP contribution is 2.32. The highest BCUT2D eigenvalue weighted by molar-refractivity contribution is 6.00. The van der Waals surface area contributed by atoms with Gasteiger partial charge in [-0.15, -0.1) is 0 Å². The first-order chi connectivity index (χ1) is 13.0. The smallest absolute Gasteiger partial charge is 0.343 e. The van der Waals surface area contributed by atoms with E-state index in [4.69, 9.17) is 14.2 Å². The van der Waals surface area contributed by atoms with E-state index in [1.165, 1.54) is 27.3 Å². The van der Waals surface area contributed by atoms with Crippen molar-refractivity contribution in [3.63, 3.8) is 0 Å². The number of para-hydroxylation sites is 1. The molecule has 142 valence electrons. The summed E-state index contributed by atoms with van der Waals surface area (Å²) in [4.78, 5) is 36.6. The molecule has 27 heavy (non-hydrogen) atoms. The number of hydrogen-bond donors (Lipinski definition) is 2. The summed E-state index contributed by atoms with van der Waals surface area (Å²) >= 11 is 0. The van der Waals surface area contributed by atoms with Crippen molar-refractivity contribution in [3.8, 4) is 11.5 Å². The maximum atomic E-state index is 12.7. The van der Waals surface area contributed by atoms with E-state index < -0.39 is 24.0 Å². The van der Waals surface area contributed by atoms with Gasteiger partial charge in [-0.1, -0.05) is 36.4 Å². The molecule has 2 rings (SSSR count). The Morgan fingerprint density at radius 1 is 0.926 bits per heavy atom. The molecule has 0 aromatic heterocycles. The van der Waals surface area contributed by atoms with Gasteiger partial charge in [0.2, 0.25) is 6.10 Å². The van der Waals surface area contributed by atoms with Crippen LogP contribution in [0.3, 0.4) is 0 Å². The Bertz CT molecular complexity index is 822. The molecule has 0 aliphatic heterocycles. The van der Waals surface area contributed by atoms with Gasteiger partial charge < -0.3 is 19.5 Å². The Kier molecular flexibility index (Phi) is 6.76. The summed E-state index contributed by atoms with van der Waals surface area (Å²) in [6, 6.07) is 12.4. The molecule has 0 spiro atoms. The van der Waals surface area contributed by atoms with Gasteiger partial charge in [0.15, 0.2) is 11.5 Å². The summed E-state index contributed by atoms with van der Waals surface area (Å²) in [5, 5.41) is 4.39. The van der Waals surface area contributed by atoms with Crippen LogP contribution in [0.15, 0.2) is 48.5 Å². The molecule has 0 saturated heterocycles. The Hall–Kier alpha value is -3.55. The second-order valence-corrected chi connectivity index (χ2v) is 5.31. The highest BCUT2D eigenvalue weighted by atomic mass is 16.6. The normalized spacial score (nSPS) is 11.1. The molecule has 3 amide bonds. The standard InChI is InChI=1S/C19H20N2O6/c1-20-19(24)21-17(22)15(12-8-5-4-6-9-12)27-18(23)13-10-7-11-14(25-2)16(13)26-3/h4-11,15H,1-3H3,(H2,20,21,22,24)/t15-/m0/s1. The van der Waals surface area contributed by atoms with Gasteiger partial charge in [-0.3, -0.25) is 10.1 Å². The number of benzene rings is 2. The molecule has 0 heterocycles. The number of urea groups is 1. The van der Waals surface area contributed by atoms with E-state index >= 15 is 0 Å². The molecule has 0 saturated carbocycles. The number of methoxy groups -OCH3 is 2. The predicted molar refractivity (Wildman–Crippen MR) is 96.7 cm³/mol. The summed E-state index contributed by atoms with van der Waals surface area (Å²) in [5.41, 5.74) is 0.500. The third-order valence-corrected chi connectivity index (χ3v) is 3.65.